The van der Waals surface area contributed by atoms with E-state index in [1.54, 1.807) is 13.2 Å². The molecule has 1 saturated carbocycles. The first kappa shape index (κ1) is 14.2. The molecule has 0 saturated heterocycles. The summed E-state index contributed by atoms with van der Waals surface area (Å²) in [6.07, 6.45) is 8.54. The monoisotopic (exact) mass is 266 g/mol. The average molecular weight is 266 g/mol. The minimum Gasteiger partial charge on any atom is -0.381 e. The summed E-state index contributed by atoms with van der Waals surface area (Å²) in [4.78, 5) is 0. The van der Waals surface area contributed by atoms with E-state index >= 15 is 0 Å². The number of ether oxygens (including phenoxy) is 1. The first-order chi connectivity index (χ1) is 9.20. The predicted molar refractivity (Wildman–Crippen MR) is 72.1 cm³/mol. The minimum absolute atomic E-state index is 0.363. The fourth-order valence-electron chi connectivity index (χ4n) is 2.76. The molecule has 1 aromatic carbocycles. The van der Waals surface area contributed by atoms with Crippen LogP contribution in [0.1, 0.15) is 37.2 Å². The van der Waals surface area contributed by atoms with E-state index in [0.29, 0.717) is 18.4 Å². The molecule has 1 nitrogen and oxygen atoms in total. The summed E-state index contributed by atoms with van der Waals surface area (Å²) >= 11 is 0. The van der Waals surface area contributed by atoms with Crippen LogP contribution in [-0.4, -0.2) is 13.7 Å². The third-order valence-corrected chi connectivity index (χ3v) is 3.86. The highest BCUT2D eigenvalue weighted by molar-refractivity contribution is 5.22. The molecule has 0 heterocycles. The van der Waals surface area contributed by atoms with Crippen LogP contribution >= 0.6 is 0 Å². The van der Waals surface area contributed by atoms with Gasteiger partial charge in [-0.25, -0.2) is 8.78 Å². The number of rotatable bonds is 4. The fourth-order valence-corrected chi connectivity index (χ4v) is 2.76. The Balaban J connectivity index is 1.90. The maximum Gasteiger partial charge on any atom is 0.159 e. The topological polar surface area (TPSA) is 9.23 Å². The Morgan fingerprint density at radius 3 is 2.53 bits per heavy atom. The molecule has 0 N–H and O–H groups in total. The molecule has 2 rings (SSSR count). The summed E-state index contributed by atoms with van der Waals surface area (Å²) in [6.45, 7) is 0.656. The van der Waals surface area contributed by atoms with E-state index in [9.17, 15) is 8.78 Å². The van der Waals surface area contributed by atoms with Crippen molar-refractivity contribution >= 4 is 0 Å². The normalized spacial score (nSPS) is 23.9. The maximum absolute atomic E-state index is 13.2. The Morgan fingerprint density at radius 1 is 1.16 bits per heavy atom. The predicted octanol–water partition coefficient (Wildman–Crippen LogP) is 4.44. The van der Waals surface area contributed by atoms with E-state index in [-0.39, 0.29) is 0 Å². The van der Waals surface area contributed by atoms with Crippen molar-refractivity contribution in [3.8, 4) is 0 Å². The quantitative estimate of drug-likeness (QED) is 0.732. The Kier molecular flexibility index (Phi) is 5.08. The molecule has 1 fully saturated rings. The summed E-state index contributed by atoms with van der Waals surface area (Å²) in [6, 6.07) is 4.29. The summed E-state index contributed by atoms with van der Waals surface area (Å²) in [5, 5.41) is 0. The minimum atomic E-state index is -0.764. The molecule has 1 aliphatic carbocycles. The first-order valence-electron chi connectivity index (χ1n) is 6.81. The second-order valence-electron chi connectivity index (χ2n) is 5.17. The van der Waals surface area contributed by atoms with Crippen LogP contribution in [0.3, 0.4) is 0 Å². The standard InChI is InChI=1S/C16H20F2O/c1-19-10-2-3-12-4-6-13(7-5-12)14-8-9-15(17)16(18)11-14/h2-3,8-9,11-13H,4-7,10H2,1H3/t12-,13-. The van der Waals surface area contributed by atoms with E-state index in [1.807, 2.05) is 0 Å². The van der Waals surface area contributed by atoms with Crippen molar-refractivity contribution in [3.63, 3.8) is 0 Å². The van der Waals surface area contributed by atoms with E-state index in [1.165, 1.54) is 12.1 Å². The van der Waals surface area contributed by atoms with Crippen molar-refractivity contribution in [2.45, 2.75) is 31.6 Å². The van der Waals surface area contributed by atoms with Crippen LogP contribution in [0.2, 0.25) is 0 Å². The van der Waals surface area contributed by atoms with E-state index < -0.39 is 11.6 Å². The zero-order chi connectivity index (χ0) is 13.7. The van der Waals surface area contributed by atoms with Gasteiger partial charge in [-0.3, -0.25) is 0 Å². The fraction of sp³-hybridized carbons (Fsp3) is 0.500. The van der Waals surface area contributed by atoms with E-state index in [4.69, 9.17) is 4.74 Å². The smallest absolute Gasteiger partial charge is 0.159 e. The van der Waals surface area contributed by atoms with Crippen molar-refractivity contribution in [1.82, 2.24) is 0 Å². The van der Waals surface area contributed by atoms with Crippen molar-refractivity contribution < 1.29 is 13.5 Å². The third kappa shape index (κ3) is 3.87. The summed E-state index contributed by atoms with van der Waals surface area (Å²) in [7, 11) is 1.68. The third-order valence-electron chi connectivity index (χ3n) is 3.86. The van der Waals surface area contributed by atoms with Gasteiger partial charge in [-0.15, -0.1) is 0 Å². The lowest BCUT2D eigenvalue weighted by Gasteiger charge is -2.27. The Labute approximate surface area is 113 Å². The van der Waals surface area contributed by atoms with Gasteiger partial charge in [0.15, 0.2) is 11.6 Å². The highest BCUT2D eigenvalue weighted by Crippen LogP contribution is 2.36. The first-order valence-corrected chi connectivity index (χ1v) is 6.81. The Morgan fingerprint density at radius 2 is 1.89 bits per heavy atom. The molecule has 19 heavy (non-hydrogen) atoms. The van der Waals surface area contributed by atoms with Crippen molar-refractivity contribution in [3.05, 3.63) is 47.5 Å². The zero-order valence-electron chi connectivity index (χ0n) is 11.2. The highest BCUT2D eigenvalue weighted by atomic mass is 19.2. The van der Waals surface area contributed by atoms with Crippen molar-refractivity contribution in [2.75, 3.05) is 13.7 Å². The van der Waals surface area contributed by atoms with Gasteiger partial charge < -0.3 is 4.74 Å². The van der Waals surface area contributed by atoms with E-state index in [2.05, 4.69) is 12.2 Å². The molecule has 0 atom stereocenters. The summed E-state index contributed by atoms with van der Waals surface area (Å²) in [5.74, 6) is -0.543. The molecule has 0 aliphatic heterocycles. The van der Waals surface area contributed by atoms with Gasteiger partial charge >= 0.3 is 0 Å². The van der Waals surface area contributed by atoms with Crippen LogP contribution in [0.5, 0.6) is 0 Å². The van der Waals surface area contributed by atoms with Crippen molar-refractivity contribution in [1.29, 1.82) is 0 Å². The number of hydrogen-bond acceptors (Lipinski definition) is 1. The van der Waals surface area contributed by atoms with Crippen LogP contribution in [-0.2, 0) is 4.74 Å². The highest BCUT2D eigenvalue weighted by Gasteiger charge is 2.21. The van der Waals surface area contributed by atoms with Crippen LogP contribution in [0, 0.1) is 17.6 Å². The number of allylic oxidation sites excluding steroid dienone is 1. The lowest BCUT2D eigenvalue weighted by atomic mass is 9.78. The maximum atomic E-state index is 13.2. The Bertz CT molecular complexity index is 434. The number of halogens is 2. The number of hydrogen-bond donors (Lipinski definition) is 0. The molecule has 1 aromatic rings. The summed E-state index contributed by atoms with van der Waals surface area (Å²) in [5.41, 5.74) is 0.929. The molecular formula is C16H20F2O. The van der Waals surface area contributed by atoms with Crippen molar-refractivity contribution in [2.24, 2.45) is 5.92 Å². The number of methoxy groups -OCH3 is 1. The molecule has 0 spiro atoms. The van der Waals surface area contributed by atoms with Crippen LogP contribution < -0.4 is 0 Å². The summed E-state index contributed by atoms with van der Waals surface area (Å²) < 4.78 is 31.1. The van der Waals surface area contributed by atoms with Gasteiger partial charge in [0.2, 0.25) is 0 Å². The zero-order valence-corrected chi connectivity index (χ0v) is 11.2. The molecule has 104 valence electrons. The largest absolute Gasteiger partial charge is 0.381 e. The van der Waals surface area contributed by atoms with Gasteiger partial charge in [-0.05, 0) is 55.2 Å². The van der Waals surface area contributed by atoms with Crippen LogP contribution in [0.4, 0.5) is 8.78 Å². The molecule has 0 amide bonds. The van der Waals surface area contributed by atoms with Gasteiger partial charge in [0.1, 0.15) is 0 Å². The van der Waals surface area contributed by atoms with Crippen LogP contribution in [0.15, 0.2) is 30.4 Å². The average Bonchev–Trinajstić information content (AvgIpc) is 2.43. The van der Waals surface area contributed by atoms with Gasteiger partial charge in [-0.2, -0.15) is 0 Å². The van der Waals surface area contributed by atoms with Crippen LogP contribution in [0.25, 0.3) is 0 Å². The number of benzene rings is 1. The lowest BCUT2D eigenvalue weighted by Crippen LogP contribution is -2.12. The second-order valence-corrected chi connectivity index (χ2v) is 5.17. The molecule has 0 unspecified atom stereocenters. The molecule has 3 heteroatoms. The SMILES string of the molecule is COCC=C[C@H]1CC[C@H](c2ccc(F)c(F)c2)CC1. The van der Waals surface area contributed by atoms with Gasteiger partial charge in [0.25, 0.3) is 0 Å². The van der Waals surface area contributed by atoms with Gasteiger partial charge in [0.05, 0.1) is 6.61 Å². The molecule has 0 bridgehead atoms. The molecule has 0 radical (unpaired) electrons. The molecular weight excluding hydrogens is 246 g/mol. The lowest BCUT2D eigenvalue weighted by molar-refractivity contribution is 0.233. The van der Waals surface area contributed by atoms with E-state index in [0.717, 1.165) is 31.2 Å². The molecule has 0 aromatic heterocycles. The van der Waals surface area contributed by atoms with Gasteiger partial charge in [0, 0.05) is 7.11 Å². The molecule has 1 aliphatic rings. The van der Waals surface area contributed by atoms with Gasteiger partial charge in [-0.1, -0.05) is 18.2 Å². The second kappa shape index (κ2) is 6.80. The Hall–Kier alpha value is -1.22.